The molecule has 3 nitrogen and oxygen atoms in total. The number of aromatic hydroxyl groups is 2. The fourth-order valence-electron chi connectivity index (χ4n) is 1.54. The van der Waals surface area contributed by atoms with Gasteiger partial charge in [0.2, 0.25) is 0 Å². The Morgan fingerprint density at radius 3 is 2.50 bits per heavy atom. The number of anilines is 1. The van der Waals surface area contributed by atoms with E-state index in [0.29, 0.717) is 17.3 Å². The Bertz CT molecular complexity index is 555. The molecule has 0 radical (unpaired) electrons. The van der Waals surface area contributed by atoms with Crippen LogP contribution < -0.4 is 5.32 Å². The highest BCUT2D eigenvalue weighted by molar-refractivity contribution is 6.30. The van der Waals surface area contributed by atoms with Crippen LogP contribution in [0.25, 0.3) is 0 Å². The first-order valence-corrected chi connectivity index (χ1v) is 5.63. The molecular weight excluding hydrogens is 257 g/mol. The van der Waals surface area contributed by atoms with Crippen LogP contribution in [0.1, 0.15) is 5.56 Å². The second kappa shape index (κ2) is 5.14. The maximum atomic E-state index is 13.1. The summed E-state index contributed by atoms with van der Waals surface area (Å²) in [6, 6.07) is 8.63. The Morgan fingerprint density at radius 2 is 1.83 bits per heavy atom. The smallest absolute Gasteiger partial charge is 0.157 e. The Morgan fingerprint density at radius 1 is 1.06 bits per heavy atom. The number of benzene rings is 2. The van der Waals surface area contributed by atoms with Crippen molar-refractivity contribution < 1.29 is 14.6 Å². The highest BCUT2D eigenvalue weighted by atomic mass is 35.5. The van der Waals surface area contributed by atoms with Crippen LogP contribution in [0.4, 0.5) is 10.1 Å². The van der Waals surface area contributed by atoms with E-state index in [4.69, 9.17) is 16.7 Å². The monoisotopic (exact) mass is 267 g/mol. The summed E-state index contributed by atoms with van der Waals surface area (Å²) in [7, 11) is 0. The number of phenols is 2. The van der Waals surface area contributed by atoms with Crippen molar-refractivity contribution in [3.8, 4) is 11.5 Å². The molecule has 94 valence electrons. The second-order valence-corrected chi connectivity index (χ2v) is 4.27. The maximum Gasteiger partial charge on any atom is 0.157 e. The number of phenolic OH excluding ortho intramolecular Hbond substituents is 2. The molecule has 3 N–H and O–H groups in total. The molecule has 18 heavy (non-hydrogen) atoms. The van der Waals surface area contributed by atoms with Gasteiger partial charge in [-0.25, -0.2) is 4.39 Å². The van der Waals surface area contributed by atoms with E-state index in [0.717, 1.165) is 5.56 Å². The lowest BCUT2D eigenvalue weighted by atomic mass is 10.2. The number of nitrogens with one attached hydrogen (secondary N) is 1. The summed E-state index contributed by atoms with van der Waals surface area (Å²) < 4.78 is 13.1. The van der Waals surface area contributed by atoms with E-state index >= 15 is 0 Å². The summed E-state index contributed by atoms with van der Waals surface area (Å²) in [6.45, 7) is 0.383. The number of halogens is 2. The highest BCUT2D eigenvalue weighted by Gasteiger charge is 2.02. The van der Waals surface area contributed by atoms with Crippen molar-refractivity contribution in [3.63, 3.8) is 0 Å². The average molecular weight is 268 g/mol. The minimum absolute atomic E-state index is 0.174. The van der Waals surface area contributed by atoms with Crippen LogP contribution in [0.15, 0.2) is 36.4 Å². The molecule has 0 aromatic heterocycles. The molecule has 0 saturated heterocycles. The van der Waals surface area contributed by atoms with Crippen LogP contribution in [-0.4, -0.2) is 10.2 Å². The lowest BCUT2D eigenvalue weighted by Gasteiger charge is -2.08. The largest absolute Gasteiger partial charge is 0.504 e. The third-order valence-electron chi connectivity index (χ3n) is 2.40. The SMILES string of the molecule is Oc1ccc(CNc2cc(F)cc(Cl)c2)cc1O. The summed E-state index contributed by atoms with van der Waals surface area (Å²) in [4.78, 5) is 0. The molecule has 0 aliphatic rings. The number of hydrogen-bond acceptors (Lipinski definition) is 3. The van der Waals surface area contributed by atoms with E-state index in [-0.39, 0.29) is 11.5 Å². The first kappa shape index (κ1) is 12.5. The quantitative estimate of drug-likeness (QED) is 0.746. The zero-order valence-electron chi connectivity index (χ0n) is 9.32. The van der Waals surface area contributed by atoms with Crippen LogP contribution in [0.3, 0.4) is 0 Å². The zero-order valence-corrected chi connectivity index (χ0v) is 10.1. The van der Waals surface area contributed by atoms with E-state index < -0.39 is 5.82 Å². The van der Waals surface area contributed by atoms with E-state index in [1.54, 1.807) is 12.1 Å². The van der Waals surface area contributed by atoms with Gasteiger partial charge in [-0.2, -0.15) is 0 Å². The molecule has 0 unspecified atom stereocenters. The Labute approximate surface area is 108 Å². The molecule has 0 aliphatic heterocycles. The van der Waals surface area contributed by atoms with Gasteiger partial charge >= 0.3 is 0 Å². The highest BCUT2D eigenvalue weighted by Crippen LogP contribution is 2.25. The van der Waals surface area contributed by atoms with Crippen LogP contribution in [0.5, 0.6) is 11.5 Å². The van der Waals surface area contributed by atoms with Gasteiger partial charge in [-0.1, -0.05) is 17.7 Å². The second-order valence-electron chi connectivity index (χ2n) is 3.83. The van der Waals surface area contributed by atoms with Crippen molar-refractivity contribution in [3.05, 3.63) is 52.8 Å². The van der Waals surface area contributed by atoms with Gasteiger partial charge in [0, 0.05) is 17.3 Å². The summed E-state index contributed by atoms with van der Waals surface area (Å²) in [5.74, 6) is -0.780. The van der Waals surface area contributed by atoms with Gasteiger partial charge in [0.15, 0.2) is 11.5 Å². The van der Waals surface area contributed by atoms with Crippen LogP contribution in [-0.2, 0) is 6.54 Å². The molecule has 0 saturated carbocycles. The Hall–Kier alpha value is -1.94. The van der Waals surface area contributed by atoms with Gasteiger partial charge in [-0.05, 0) is 35.9 Å². The van der Waals surface area contributed by atoms with Gasteiger partial charge in [0.25, 0.3) is 0 Å². The van der Waals surface area contributed by atoms with Crippen LogP contribution in [0, 0.1) is 5.82 Å². The fourth-order valence-corrected chi connectivity index (χ4v) is 1.76. The molecule has 0 amide bonds. The number of rotatable bonds is 3. The average Bonchev–Trinajstić information content (AvgIpc) is 2.29. The van der Waals surface area contributed by atoms with Crippen molar-refractivity contribution in [1.29, 1.82) is 0 Å². The molecule has 0 aliphatic carbocycles. The third-order valence-corrected chi connectivity index (χ3v) is 2.62. The maximum absolute atomic E-state index is 13.1. The van der Waals surface area contributed by atoms with Crippen molar-refractivity contribution in [2.24, 2.45) is 0 Å². The molecular formula is C13H11ClFNO2. The van der Waals surface area contributed by atoms with Crippen molar-refractivity contribution >= 4 is 17.3 Å². The molecule has 0 spiro atoms. The van der Waals surface area contributed by atoms with Crippen molar-refractivity contribution in [2.75, 3.05) is 5.32 Å². The molecule has 0 bridgehead atoms. The summed E-state index contributed by atoms with van der Waals surface area (Å²) >= 11 is 5.72. The molecule has 5 heteroatoms. The zero-order chi connectivity index (χ0) is 13.1. The molecule has 0 atom stereocenters. The topological polar surface area (TPSA) is 52.5 Å². The normalized spacial score (nSPS) is 10.3. The van der Waals surface area contributed by atoms with Gasteiger partial charge in [-0.15, -0.1) is 0 Å². The van der Waals surface area contributed by atoms with E-state index in [2.05, 4.69) is 5.32 Å². The van der Waals surface area contributed by atoms with Gasteiger partial charge in [0.1, 0.15) is 5.82 Å². The summed E-state index contributed by atoms with van der Waals surface area (Å²) in [5, 5.41) is 21.8. The van der Waals surface area contributed by atoms with E-state index in [1.165, 1.54) is 24.3 Å². The first-order chi connectivity index (χ1) is 8.54. The van der Waals surface area contributed by atoms with Gasteiger partial charge in [-0.3, -0.25) is 0 Å². The number of hydrogen-bond donors (Lipinski definition) is 3. The molecule has 2 aromatic carbocycles. The fraction of sp³-hybridized carbons (Fsp3) is 0.0769. The lowest BCUT2D eigenvalue weighted by molar-refractivity contribution is 0.403. The van der Waals surface area contributed by atoms with E-state index in [1.807, 2.05) is 0 Å². The van der Waals surface area contributed by atoms with Crippen molar-refractivity contribution in [1.82, 2.24) is 0 Å². The van der Waals surface area contributed by atoms with Crippen LogP contribution >= 0.6 is 11.6 Å². The third kappa shape index (κ3) is 3.05. The minimum atomic E-state index is -0.418. The van der Waals surface area contributed by atoms with Crippen LogP contribution in [0.2, 0.25) is 5.02 Å². The summed E-state index contributed by atoms with van der Waals surface area (Å²) in [5.41, 5.74) is 1.30. The van der Waals surface area contributed by atoms with Crippen molar-refractivity contribution in [2.45, 2.75) is 6.54 Å². The Kier molecular flexibility index (Phi) is 3.58. The molecule has 0 fully saturated rings. The molecule has 2 aromatic rings. The lowest BCUT2D eigenvalue weighted by Crippen LogP contribution is -1.99. The Balaban J connectivity index is 2.08. The van der Waals surface area contributed by atoms with Gasteiger partial charge in [0.05, 0.1) is 0 Å². The standard InChI is InChI=1S/C13H11ClFNO2/c14-9-4-10(15)6-11(5-9)16-7-8-1-2-12(17)13(18)3-8/h1-6,16-18H,7H2. The summed E-state index contributed by atoms with van der Waals surface area (Å²) in [6.07, 6.45) is 0. The predicted molar refractivity (Wildman–Crippen MR) is 68.5 cm³/mol. The predicted octanol–water partition coefficient (Wildman–Crippen LogP) is 3.50. The van der Waals surface area contributed by atoms with Gasteiger partial charge < -0.3 is 15.5 Å². The van der Waals surface area contributed by atoms with E-state index in [9.17, 15) is 9.50 Å². The molecule has 2 rings (SSSR count). The first-order valence-electron chi connectivity index (χ1n) is 5.25. The minimum Gasteiger partial charge on any atom is -0.504 e. The molecule has 0 heterocycles.